The second-order valence-electron chi connectivity index (χ2n) is 4.64. The molecule has 0 bridgehead atoms. The lowest BCUT2D eigenvalue weighted by Gasteiger charge is -2.20. The summed E-state index contributed by atoms with van der Waals surface area (Å²) in [6.45, 7) is 4.32. The topological polar surface area (TPSA) is 12.0 Å². The van der Waals surface area contributed by atoms with E-state index in [0.717, 1.165) is 0 Å². The predicted molar refractivity (Wildman–Crippen MR) is 86.0 cm³/mol. The molecular weight excluding hydrogens is 333 g/mol. The van der Waals surface area contributed by atoms with Crippen molar-refractivity contribution in [2.24, 2.45) is 0 Å². The minimum absolute atomic E-state index is 0.264. The first-order valence-electron chi connectivity index (χ1n) is 6.11. The molecule has 0 heterocycles. The number of hydrogen-bond donors (Lipinski definition) is 1. The van der Waals surface area contributed by atoms with E-state index in [2.05, 4.69) is 84.2 Å². The zero-order valence-corrected chi connectivity index (χ0v) is 13.2. The van der Waals surface area contributed by atoms with E-state index in [1.165, 1.54) is 25.8 Å². The number of rotatable bonds is 3. The molecule has 0 saturated heterocycles. The molecule has 1 atom stereocenters. The number of benzene rings is 2. The van der Waals surface area contributed by atoms with Crippen LogP contribution in [0.4, 0.5) is 0 Å². The van der Waals surface area contributed by atoms with E-state index < -0.39 is 0 Å². The van der Waals surface area contributed by atoms with Crippen molar-refractivity contribution in [3.05, 3.63) is 68.3 Å². The molecule has 0 fully saturated rings. The monoisotopic (exact) mass is 351 g/mol. The lowest BCUT2D eigenvalue weighted by atomic mass is 9.94. The van der Waals surface area contributed by atoms with Crippen LogP contribution in [0, 0.1) is 17.4 Å². The van der Waals surface area contributed by atoms with E-state index >= 15 is 0 Å². The summed E-state index contributed by atoms with van der Waals surface area (Å²) in [6.07, 6.45) is 0. The Labute approximate surface area is 123 Å². The van der Waals surface area contributed by atoms with Crippen molar-refractivity contribution in [1.29, 1.82) is 0 Å². The lowest BCUT2D eigenvalue weighted by Crippen LogP contribution is -2.18. The SMILES string of the molecule is CNC(c1cccc(I)c1)c1ccc(C)cc1C. The normalized spacial score (nSPS) is 12.4. The lowest BCUT2D eigenvalue weighted by molar-refractivity contribution is 0.687. The van der Waals surface area contributed by atoms with Crippen molar-refractivity contribution in [2.45, 2.75) is 19.9 Å². The molecule has 1 N–H and O–H groups in total. The van der Waals surface area contributed by atoms with Gasteiger partial charge in [0.25, 0.3) is 0 Å². The molecule has 0 aliphatic rings. The molecule has 2 aromatic rings. The molecule has 2 aromatic carbocycles. The highest BCUT2D eigenvalue weighted by Crippen LogP contribution is 2.26. The molecule has 94 valence electrons. The fourth-order valence-electron chi connectivity index (χ4n) is 2.34. The van der Waals surface area contributed by atoms with Gasteiger partial charge in [-0.2, -0.15) is 0 Å². The van der Waals surface area contributed by atoms with Gasteiger partial charge in [-0.15, -0.1) is 0 Å². The highest BCUT2D eigenvalue weighted by atomic mass is 127. The van der Waals surface area contributed by atoms with E-state index in [1.807, 2.05) is 7.05 Å². The Morgan fingerprint density at radius 3 is 2.44 bits per heavy atom. The Kier molecular flexibility index (Phi) is 4.40. The first-order valence-corrected chi connectivity index (χ1v) is 7.19. The summed E-state index contributed by atoms with van der Waals surface area (Å²) >= 11 is 2.36. The quantitative estimate of drug-likeness (QED) is 0.817. The molecule has 2 rings (SSSR count). The van der Waals surface area contributed by atoms with Crippen molar-refractivity contribution >= 4 is 22.6 Å². The first-order chi connectivity index (χ1) is 8.61. The zero-order chi connectivity index (χ0) is 13.1. The van der Waals surface area contributed by atoms with Crippen molar-refractivity contribution in [1.82, 2.24) is 5.32 Å². The molecule has 0 radical (unpaired) electrons. The van der Waals surface area contributed by atoms with Crippen molar-refractivity contribution in [3.63, 3.8) is 0 Å². The Morgan fingerprint density at radius 1 is 1.06 bits per heavy atom. The highest BCUT2D eigenvalue weighted by Gasteiger charge is 2.14. The summed E-state index contributed by atoms with van der Waals surface area (Å²) in [6, 6.07) is 15.6. The van der Waals surface area contributed by atoms with Gasteiger partial charge in [0.05, 0.1) is 6.04 Å². The van der Waals surface area contributed by atoms with Gasteiger partial charge in [0.1, 0.15) is 0 Å². The average Bonchev–Trinajstić information content (AvgIpc) is 2.33. The molecule has 18 heavy (non-hydrogen) atoms. The first kappa shape index (κ1) is 13.6. The van der Waals surface area contributed by atoms with Crippen LogP contribution in [0.1, 0.15) is 28.3 Å². The minimum Gasteiger partial charge on any atom is -0.309 e. The number of aryl methyl sites for hydroxylation is 2. The van der Waals surface area contributed by atoms with Crippen LogP contribution in [-0.4, -0.2) is 7.05 Å². The molecule has 0 aliphatic heterocycles. The van der Waals surface area contributed by atoms with E-state index in [-0.39, 0.29) is 6.04 Å². The van der Waals surface area contributed by atoms with Crippen molar-refractivity contribution in [2.75, 3.05) is 7.05 Å². The van der Waals surface area contributed by atoms with Crippen LogP contribution in [-0.2, 0) is 0 Å². The molecule has 1 unspecified atom stereocenters. The third kappa shape index (κ3) is 2.93. The molecule has 1 nitrogen and oxygen atoms in total. The van der Waals surface area contributed by atoms with E-state index in [4.69, 9.17) is 0 Å². The maximum Gasteiger partial charge on any atom is 0.0577 e. The molecule has 2 heteroatoms. The fourth-order valence-corrected chi connectivity index (χ4v) is 2.90. The number of nitrogens with one attached hydrogen (secondary N) is 1. The molecule has 0 amide bonds. The smallest absolute Gasteiger partial charge is 0.0577 e. The highest BCUT2D eigenvalue weighted by molar-refractivity contribution is 14.1. The van der Waals surface area contributed by atoms with Crippen LogP contribution in [0.5, 0.6) is 0 Å². The third-order valence-corrected chi connectivity index (χ3v) is 3.88. The Bertz CT molecular complexity index is 549. The number of hydrogen-bond acceptors (Lipinski definition) is 1. The maximum atomic E-state index is 3.42. The number of halogens is 1. The average molecular weight is 351 g/mol. The van der Waals surface area contributed by atoms with Crippen molar-refractivity contribution < 1.29 is 0 Å². The molecule has 0 aliphatic carbocycles. The van der Waals surface area contributed by atoms with Crippen LogP contribution in [0.15, 0.2) is 42.5 Å². The summed E-state index contributed by atoms with van der Waals surface area (Å²) in [5.74, 6) is 0. The summed E-state index contributed by atoms with van der Waals surface area (Å²) in [5.41, 5.74) is 5.32. The van der Waals surface area contributed by atoms with Gasteiger partial charge in [0, 0.05) is 3.57 Å². The van der Waals surface area contributed by atoms with Crippen LogP contribution >= 0.6 is 22.6 Å². The van der Waals surface area contributed by atoms with Crippen LogP contribution in [0.3, 0.4) is 0 Å². The Morgan fingerprint density at radius 2 is 1.83 bits per heavy atom. The van der Waals surface area contributed by atoms with E-state index in [0.29, 0.717) is 0 Å². The van der Waals surface area contributed by atoms with E-state index in [1.54, 1.807) is 0 Å². The van der Waals surface area contributed by atoms with Gasteiger partial charge in [-0.1, -0.05) is 35.9 Å². The minimum atomic E-state index is 0.264. The molecule has 0 spiro atoms. The van der Waals surface area contributed by atoms with Crippen molar-refractivity contribution in [3.8, 4) is 0 Å². The van der Waals surface area contributed by atoms with Gasteiger partial charge in [-0.25, -0.2) is 0 Å². The van der Waals surface area contributed by atoms with Gasteiger partial charge < -0.3 is 5.32 Å². The molecule has 0 saturated carbocycles. The van der Waals surface area contributed by atoms with Gasteiger partial charge >= 0.3 is 0 Å². The zero-order valence-electron chi connectivity index (χ0n) is 11.0. The Hall–Kier alpha value is -0.870. The van der Waals surface area contributed by atoms with Gasteiger partial charge in [-0.05, 0) is 72.3 Å². The third-order valence-electron chi connectivity index (χ3n) is 3.21. The molecular formula is C16H18IN. The summed E-state index contributed by atoms with van der Waals surface area (Å²) in [5, 5.41) is 3.42. The predicted octanol–water partition coefficient (Wildman–Crippen LogP) is 4.22. The van der Waals surface area contributed by atoms with Crippen LogP contribution < -0.4 is 5.32 Å². The fraction of sp³-hybridized carbons (Fsp3) is 0.250. The second-order valence-corrected chi connectivity index (χ2v) is 5.88. The second kappa shape index (κ2) is 5.85. The van der Waals surface area contributed by atoms with Crippen LogP contribution in [0.25, 0.3) is 0 Å². The summed E-state index contributed by atoms with van der Waals surface area (Å²) in [4.78, 5) is 0. The summed E-state index contributed by atoms with van der Waals surface area (Å²) < 4.78 is 1.27. The maximum absolute atomic E-state index is 3.42. The van der Waals surface area contributed by atoms with Gasteiger partial charge in [0.15, 0.2) is 0 Å². The Balaban J connectivity index is 2.45. The standard InChI is InChI=1S/C16H18IN/c1-11-7-8-15(12(2)9-11)16(18-3)13-5-4-6-14(17)10-13/h4-10,16,18H,1-3H3. The largest absolute Gasteiger partial charge is 0.309 e. The van der Waals surface area contributed by atoms with Gasteiger partial charge in [-0.3, -0.25) is 0 Å². The van der Waals surface area contributed by atoms with Gasteiger partial charge in [0.2, 0.25) is 0 Å². The molecule has 0 aromatic heterocycles. The summed E-state index contributed by atoms with van der Waals surface area (Å²) in [7, 11) is 2.02. The van der Waals surface area contributed by atoms with E-state index in [9.17, 15) is 0 Å². The van der Waals surface area contributed by atoms with Crippen LogP contribution in [0.2, 0.25) is 0 Å².